The summed E-state index contributed by atoms with van der Waals surface area (Å²) in [5, 5.41) is 3.95. The van der Waals surface area contributed by atoms with Crippen LogP contribution in [0.5, 0.6) is 23.0 Å². The molecular weight excluding hydrogens is 689 g/mol. The van der Waals surface area contributed by atoms with Gasteiger partial charge < -0.3 is 19.3 Å². The Bertz CT molecular complexity index is 2250. The molecule has 6 nitrogen and oxygen atoms in total. The summed E-state index contributed by atoms with van der Waals surface area (Å²) in [5.74, 6) is 3.55. The second-order valence-electron chi connectivity index (χ2n) is 14.4. The van der Waals surface area contributed by atoms with E-state index >= 15 is 0 Å². The minimum absolute atomic E-state index is 0.0180. The van der Waals surface area contributed by atoms with E-state index in [1.54, 1.807) is 0 Å². The quantitative estimate of drug-likeness (QED) is 0.141. The number of anilines is 4. The first-order valence-corrected chi connectivity index (χ1v) is 19.1. The van der Waals surface area contributed by atoms with Crippen LogP contribution in [-0.4, -0.2) is 26.0 Å². The van der Waals surface area contributed by atoms with E-state index in [2.05, 4.69) is 151 Å². The fourth-order valence-corrected chi connectivity index (χ4v) is 6.93. The van der Waals surface area contributed by atoms with Crippen LogP contribution in [0.25, 0.3) is 0 Å². The second-order valence-corrected chi connectivity index (χ2v) is 14.4. The molecule has 0 radical (unpaired) electrons. The predicted molar refractivity (Wildman–Crippen MR) is 232 cm³/mol. The molecular formula is C50H50N4O2. The maximum Gasteiger partial charge on any atom is 0.151 e. The molecule has 0 fully saturated rings. The monoisotopic (exact) mass is 738 g/mol. The van der Waals surface area contributed by atoms with Gasteiger partial charge in [0.05, 0.1) is 17.5 Å². The summed E-state index contributed by atoms with van der Waals surface area (Å²) in [6.45, 7) is 6.22. The molecule has 1 heterocycles. The number of nitrogens with zero attached hydrogens (tertiary/aromatic N) is 3. The van der Waals surface area contributed by atoms with Gasteiger partial charge in [-0.05, 0) is 118 Å². The molecule has 6 heteroatoms. The van der Waals surface area contributed by atoms with Gasteiger partial charge in [0.1, 0.15) is 17.7 Å². The maximum absolute atomic E-state index is 6.22. The highest BCUT2D eigenvalue weighted by Gasteiger charge is 2.27. The van der Waals surface area contributed by atoms with Gasteiger partial charge in [0.25, 0.3) is 0 Å². The topological polar surface area (TPSA) is 40.2 Å². The number of hydrogen-bond acceptors (Lipinski definition) is 6. The lowest BCUT2D eigenvalue weighted by molar-refractivity contribution is 0.226. The molecule has 2 atom stereocenters. The van der Waals surface area contributed by atoms with Crippen LogP contribution >= 0.6 is 0 Å². The van der Waals surface area contributed by atoms with Gasteiger partial charge in [0.15, 0.2) is 11.5 Å². The van der Waals surface area contributed by atoms with Crippen molar-refractivity contribution in [3.05, 3.63) is 204 Å². The molecule has 0 aromatic heterocycles. The van der Waals surface area contributed by atoms with E-state index in [0.717, 1.165) is 56.9 Å². The lowest BCUT2D eigenvalue weighted by Crippen LogP contribution is -2.42. The Morgan fingerprint density at radius 3 is 1.50 bits per heavy atom. The average molecular weight is 739 g/mol. The van der Waals surface area contributed by atoms with Crippen molar-refractivity contribution in [3.63, 3.8) is 0 Å². The summed E-state index contributed by atoms with van der Waals surface area (Å²) in [7, 11) is 6.39. The molecule has 56 heavy (non-hydrogen) atoms. The van der Waals surface area contributed by atoms with Crippen molar-refractivity contribution in [2.45, 2.75) is 33.1 Å². The summed E-state index contributed by atoms with van der Waals surface area (Å²) in [4.78, 5) is 6.81. The molecule has 282 valence electrons. The Morgan fingerprint density at radius 1 is 0.500 bits per heavy atom. The molecule has 7 aromatic carbocycles. The third-order valence-electron chi connectivity index (χ3n) is 10.1. The first kappa shape index (κ1) is 38.0. The first-order valence-electron chi connectivity index (χ1n) is 19.1. The molecule has 0 spiro atoms. The summed E-state index contributed by atoms with van der Waals surface area (Å²) in [5.41, 5.74) is 10.3. The molecule has 1 N–H and O–H groups in total. The Kier molecular flexibility index (Phi) is 11.8. The zero-order chi connectivity index (χ0) is 39.0. The molecule has 0 amide bonds. The SMILES string of the molecule is Cc1ccc(C(NC(c2ccc(N3c4ccccc4Oc4ccccc43)cc2)N(C)c2ccccc2)N(C)C)cc1.Cc1ccccc1Oc1ccccc1C. The van der Waals surface area contributed by atoms with Gasteiger partial charge in [0, 0.05) is 18.4 Å². The highest BCUT2D eigenvalue weighted by Crippen LogP contribution is 2.50. The van der Waals surface area contributed by atoms with Crippen molar-refractivity contribution < 1.29 is 9.47 Å². The number of para-hydroxylation sites is 7. The number of ether oxygens (including phenoxy) is 2. The van der Waals surface area contributed by atoms with Crippen LogP contribution in [-0.2, 0) is 0 Å². The molecule has 0 aliphatic carbocycles. The number of aryl methyl sites for hydroxylation is 3. The average Bonchev–Trinajstić information content (AvgIpc) is 3.23. The summed E-state index contributed by atoms with van der Waals surface area (Å²) < 4.78 is 12.1. The zero-order valence-corrected chi connectivity index (χ0v) is 33.1. The van der Waals surface area contributed by atoms with Gasteiger partial charge in [-0.1, -0.05) is 121 Å². The van der Waals surface area contributed by atoms with Crippen LogP contribution in [0.4, 0.5) is 22.7 Å². The smallest absolute Gasteiger partial charge is 0.151 e. The van der Waals surface area contributed by atoms with Crippen LogP contribution in [0.1, 0.15) is 40.1 Å². The molecule has 0 saturated carbocycles. The van der Waals surface area contributed by atoms with Crippen molar-refractivity contribution in [2.75, 3.05) is 30.9 Å². The van der Waals surface area contributed by atoms with Crippen LogP contribution < -0.4 is 24.6 Å². The lowest BCUT2D eigenvalue weighted by Gasteiger charge is -2.37. The molecule has 2 unspecified atom stereocenters. The van der Waals surface area contributed by atoms with Gasteiger partial charge in [0.2, 0.25) is 0 Å². The van der Waals surface area contributed by atoms with Crippen molar-refractivity contribution in [1.29, 1.82) is 0 Å². The number of fused-ring (bicyclic) bond motifs is 2. The Hall–Kier alpha value is -6.34. The molecule has 7 aromatic rings. The summed E-state index contributed by atoms with van der Waals surface area (Å²) >= 11 is 0. The van der Waals surface area contributed by atoms with Gasteiger partial charge in [-0.15, -0.1) is 0 Å². The second kappa shape index (κ2) is 17.4. The third kappa shape index (κ3) is 8.63. The highest BCUT2D eigenvalue weighted by molar-refractivity contribution is 5.86. The fraction of sp³-hybridized carbons (Fsp3) is 0.160. The van der Waals surface area contributed by atoms with E-state index in [1.165, 1.54) is 16.7 Å². The largest absolute Gasteiger partial charge is 0.457 e. The Balaban J connectivity index is 0.000000268. The Morgan fingerprint density at radius 2 is 0.964 bits per heavy atom. The van der Waals surface area contributed by atoms with Crippen LogP contribution in [0.2, 0.25) is 0 Å². The fourth-order valence-electron chi connectivity index (χ4n) is 6.93. The van der Waals surface area contributed by atoms with Crippen molar-refractivity contribution in [2.24, 2.45) is 0 Å². The van der Waals surface area contributed by atoms with E-state index in [0.29, 0.717) is 0 Å². The minimum atomic E-state index is -0.0792. The first-order chi connectivity index (χ1) is 27.3. The summed E-state index contributed by atoms with van der Waals surface area (Å²) in [6, 6.07) is 60.7. The van der Waals surface area contributed by atoms with E-state index < -0.39 is 0 Å². The highest BCUT2D eigenvalue weighted by atomic mass is 16.5. The molecule has 8 rings (SSSR count). The van der Waals surface area contributed by atoms with E-state index in [-0.39, 0.29) is 12.3 Å². The normalized spacial score (nSPS) is 12.7. The standard InChI is InChI=1S/C36H36N4O.C14H14O/c1-26-18-20-27(21-19-26)35(38(2)3)37-36(39(4)29-12-6-5-7-13-29)28-22-24-30(25-23-28)40-31-14-8-10-16-33(31)41-34-17-11-9-15-32(34)40;1-11-7-3-5-9-13(11)15-14-10-6-4-8-12(14)2/h5-25,35-37H,1-4H3;3-10H,1-2H3. The molecule has 1 aliphatic rings. The van der Waals surface area contributed by atoms with E-state index in [9.17, 15) is 0 Å². The summed E-state index contributed by atoms with van der Waals surface area (Å²) in [6.07, 6.45) is -0.0612. The number of benzene rings is 7. The van der Waals surface area contributed by atoms with Crippen LogP contribution in [0.15, 0.2) is 176 Å². The molecule has 0 saturated heterocycles. The van der Waals surface area contributed by atoms with E-state index in [1.807, 2.05) is 86.6 Å². The van der Waals surface area contributed by atoms with Gasteiger partial charge in [-0.25, -0.2) is 0 Å². The van der Waals surface area contributed by atoms with Gasteiger partial charge in [-0.3, -0.25) is 10.2 Å². The Labute approximate surface area is 332 Å². The number of hydrogen-bond donors (Lipinski definition) is 1. The lowest BCUT2D eigenvalue weighted by atomic mass is 10.1. The maximum atomic E-state index is 6.22. The van der Waals surface area contributed by atoms with Crippen LogP contribution in [0, 0.1) is 20.8 Å². The predicted octanol–water partition coefficient (Wildman–Crippen LogP) is 12.7. The van der Waals surface area contributed by atoms with Gasteiger partial charge >= 0.3 is 0 Å². The van der Waals surface area contributed by atoms with Crippen LogP contribution in [0.3, 0.4) is 0 Å². The third-order valence-corrected chi connectivity index (χ3v) is 10.1. The minimum Gasteiger partial charge on any atom is -0.457 e. The van der Waals surface area contributed by atoms with Crippen molar-refractivity contribution in [3.8, 4) is 23.0 Å². The van der Waals surface area contributed by atoms with Crippen molar-refractivity contribution >= 4 is 22.7 Å². The molecule has 1 aliphatic heterocycles. The number of nitrogens with one attached hydrogen (secondary N) is 1. The van der Waals surface area contributed by atoms with E-state index in [4.69, 9.17) is 9.47 Å². The van der Waals surface area contributed by atoms with Gasteiger partial charge in [-0.2, -0.15) is 0 Å². The van der Waals surface area contributed by atoms with Crippen molar-refractivity contribution in [1.82, 2.24) is 10.2 Å². The molecule has 0 bridgehead atoms. The zero-order valence-electron chi connectivity index (χ0n) is 33.1. The number of rotatable bonds is 10.